The second kappa shape index (κ2) is 11.0. The summed E-state index contributed by atoms with van der Waals surface area (Å²) in [7, 11) is -10.4. The Bertz CT molecular complexity index is 2400. The van der Waals surface area contributed by atoms with Crippen LogP contribution < -0.4 is 36.7 Å². The van der Waals surface area contributed by atoms with Crippen LogP contribution in [0.3, 0.4) is 0 Å². The van der Waals surface area contributed by atoms with Gasteiger partial charge in [-0.25, -0.2) is 4.67 Å². The predicted molar refractivity (Wildman–Crippen MR) is 206 cm³/mol. The van der Waals surface area contributed by atoms with Gasteiger partial charge in [0.2, 0.25) is 7.29 Å². The van der Waals surface area contributed by atoms with E-state index in [9.17, 15) is 0 Å². The van der Waals surface area contributed by atoms with Crippen LogP contribution >= 0.6 is 21.6 Å². The highest BCUT2D eigenvalue weighted by Gasteiger charge is 2.55. The number of aromatic nitrogens is 3. The zero-order valence-electron chi connectivity index (χ0n) is 28.1. The fourth-order valence-corrected chi connectivity index (χ4v) is 16.1. The van der Waals surface area contributed by atoms with Crippen molar-refractivity contribution in [1.82, 2.24) is 19.6 Å². The average Bonchev–Trinajstić information content (AvgIpc) is 3.15. The van der Waals surface area contributed by atoms with E-state index in [0.717, 1.165) is 33.4 Å². The topological polar surface area (TPSA) is 96.4 Å². The molecular formula is C39H34N5O3P3. The van der Waals surface area contributed by atoms with Gasteiger partial charge < -0.3 is 14.0 Å². The van der Waals surface area contributed by atoms with Gasteiger partial charge in [-0.05, 0) is 84.6 Å². The molecular weight excluding hydrogens is 679 g/mol. The molecule has 11 heteroatoms. The lowest BCUT2D eigenvalue weighted by Crippen LogP contribution is -2.51. The van der Waals surface area contributed by atoms with Crippen LogP contribution in [0.1, 0.15) is 13.8 Å². The van der Waals surface area contributed by atoms with Gasteiger partial charge in [0.15, 0.2) is 0 Å². The second-order valence-corrected chi connectivity index (χ2v) is 21.5. The molecule has 3 aromatic carbocycles. The molecule has 0 radical (unpaired) electrons. The van der Waals surface area contributed by atoms with E-state index in [1.165, 1.54) is 0 Å². The van der Waals surface area contributed by atoms with E-state index in [4.69, 9.17) is 0 Å². The Morgan fingerprint density at radius 3 is 1.14 bits per heavy atom. The SMILES string of the molecule is CCN(CC)P1(=O)c2cc(-c3cccnc3)cc3c2N2c4c(cc(-c5cccnc5)cc4P(C)(=O)c4cc(-c5cccnc5)cc1c42)P3(C)=O. The highest BCUT2D eigenvalue weighted by Crippen LogP contribution is 2.66. The van der Waals surface area contributed by atoms with Crippen LogP contribution in [0, 0.1) is 0 Å². The minimum absolute atomic E-state index is 0.523. The van der Waals surface area contributed by atoms with E-state index < -0.39 is 21.6 Å². The van der Waals surface area contributed by atoms with Crippen LogP contribution in [0.2, 0.25) is 0 Å². The van der Waals surface area contributed by atoms with Crippen LogP contribution in [-0.2, 0) is 13.7 Å². The first-order valence-electron chi connectivity index (χ1n) is 16.7. The van der Waals surface area contributed by atoms with E-state index >= 15 is 13.7 Å². The smallest absolute Gasteiger partial charge is 0.211 e. The summed E-state index contributed by atoms with van der Waals surface area (Å²) in [6.45, 7) is 8.69. The van der Waals surface area contributed by atoms with Gasteiger partial charge in [0.1, 0.15) is 14.3 Å². The van der Waals surface area contributed by atoms with Crippen LogP contribution in [0.5, 0.6) is 0 Å². The summed E-state index contributed by atoms with van der Waals surface area (Å²) in [6, 6.07) is 23.6. The highest BCUT2D eigenvalue weighted by molar-refractivity contribution is 7.82. The summed E-state index contributed by atoms with van der Waals surface area (Å²) in [5, 5.41) is 3.85. The molecule has 6 heterocycles. The largest absolute Gasteiger partial charge is 0.314 e. The third-order valence-corrected chi connectivity index (χ3v) is 18.9. The lowest BCUT2D eigenvalue weighted by Gasteiger charge is -2.50. The molecule has 50 heavy (non-hydrogen) atoms. The fourth-order valence-electron chi connectivity index (χ4n) is 8.01. The number of pyridine rings is 3. The third kappa shape index (κ3) is 4.17. The van der Waals surface area contributed by atoms with Crippen LogP contribution in [0.15, 0.2) is 110 Å². The van der Waals surface area contributed by atoms with Crippen molar-refractivity contribution in [2.75, 3.05) is 31.3 Å². The summed E-state index contributed by atoms with van der Waals surface area (Å²) in [5.74, 6) is 0. The normalized spacial score (nSPS) is 22.4. The van der Waals surface area contributed by atoms with Crippen molar-refractivity contribution in [2.45, 2.75) is 13.8 Å². The maximum Gasteiger partial charge on any atom is 0.211 e. The van der Waals surface area contributed by atoms with Crippen LogP contribution in [0.25, 0.3) is 33.4 Å². The molecule has 6 aromatic rings. The molecule has 0 N–H and O–H groups in total. The highest BCUT2D eigenvalue weighted by atomic mass is 31.2. The summed E-state index contributed by atoms with van der Waals surface area (Å²) in [4.78, 5) is 15.3. The van der Waals surface area contributed by atoms with Crippen LogP contribution in [-0.4, -0.2) is 46.0 Å². The number of hydrogen-bond acceptors (Lipinski definition) is 7. The molecule has 0 spiro atoms. The molecule has 0 saturated heterocycles. The molecule has 248 valence electrons. The molecule has 3 aliphatic rings. The summed E-state index contributed by atoms with van der Waals surface area (Å²) >= 11 is 0. The molecule has 0 saturated carbocycles. The number of rotatable bonds is 6. The third-order valence-electron chi connectivity index (χ3n) is 10.5. The zero-order valence-corrected chi connectivity index (χ0v) is 30.8. The maximum atomic E-state index is 16.5. The van der Waals surface area contributed by atoms with E-state index in [2.05, 4.69) is 19.9 Å². The van der Waals surface area contributed by atoms with Gasteiger partial charge >= 0.3 is 0 Å². The standard InChI is InChI=1S/C39H34N5O3P3/c1-5-43(6-2)50(47)35-20-29(26-11-8-14-41-23-26)18-33-38(35)44-37-31(48(33,3)45)16-28(25-10-7-13-40-22-25)17-32(37)49(4,46)34-19-30(21-36(50)39(34)44)27-12-9-15-42-24-27/h7-24H,5-6H2,1-4H3. The molecule has 9 rings (SSSR count). The minimum Gasteiger partial charge on any atom is -0.314 e. The van der Waals surface area contributed by atoms with E-state index in [1.807, 2.05) is 91.3 Å². The molecule has 0 aliphatic carbocycles. The Morgan fingerprint density at radius 1 is 0.520 bits per heavy atom. The molecule has 2 atom stereocenters. The maximum absolute atomic E-state index is 16.5. The lowest BCUT2D eigenvalue weighted by molar-refractivity contribution is 0.458. The molecule has 2 unspecified atom stereocenters. The van der Waals surface area contributed by atoms with Gasteiger partial charge in [0, 0.05) is 88.2 Å². The van der Waals surface area contributed by atoms with E-state index in [-0.39, 0.29) is 0 Å². The van der Waals surface area contributed by atoms with Crippen molar-refractivity contribution in [3.8, 4) is 33.4 Å². The molecule has 3 aromatic heterocycles. The van der Waals surface area contributed by atoms with Crippen molar-refractivity contribution in [2.24, 2.45) is 0 Å². The zero-order chi connectivity index (χ0) is 34.6. The van der Waals surface area contributed by atoms with Crippen molar-refractivity contribution in [3.05, 3.63) is 110 Å². The van der Waals surface area contributed by atoms with Gasteiger partial charge in [-0.1, -0.05) is 32.0 Å². The van der Waals surface area contributed by atoms with Gasteiger partial charge in [-0.15, -0.1) is 0 Å². The van der Waals surface area contributed by atoms with Crippen molar-refractivity contribution in [1.29, 1.82) is 0 Å². The average molecular weight is 714 g/mol. The van der Waals surface area contributed by atoms with E-state index in [1.54, 1.807) is 50.5 Å². The monoisotopic (exact) mass is 713 g/mol. The molecule has 0 bridgehead atoms. The van der Waals surface area contributed by atoms with Gasteiger partial charge in [0.05, 0.1) is 27.7 Å². The molecule has 3 aliphatic heterocycles. The lowest BCUT2D eigenvalue weighted by atomic mass is 10.0. The predicted octanol–water partition coefficient (Wildman–Crippen LogP) is 6.74. The Morgan fingerprint density at radius 2 is 0.840 bits per heavy atom. The Labute approximate surface area is 291 Å². The first kappa shape index (κ1) is 31.5. The minimum atomic E-state index is -3.62. The molecule has 8 nitrogen and oxygen atoms in total. The van der Waals surface area contributed by atoms with Gasteiger partial charge in [-0.2, -0.15) is 0 Å². The fraction of sp³-hybridized carbons (Fsp3) is 0.154. The Hall–Kier alpha value is -4.44. The first-order valence-corrected chi connectivity index (χ1v) is 22.7. The number of nitrogens with zero attached hydrogens (tertiary/aromatic N) is 5. The summed E-state index contributed by atoms with van der Waals surface area (Å²) < 4.78 is 49.9. The second-order valence-electron chi connectivity index (χ2n) is 13.2. The van der Waals surface area contributed by atoms with Gasteiger partial charge in [0.25, 0.3) is 0 Å². The summed E-state index contributed by atoms with van der Waals surface area (Å²) in [5.41, 5.74) is 7.01. The molecule has 0 amide bonds. The van der Waals surface area contributed by atoms with Crippen molar-refractivity contribution < 1.29 is 13.7 Å². The van der Waals surface area contributed by atoms with Gasteiger partial charge in [-0.3, -0.25) is 19.5 Å². The first-order chi connectivity index (χ1) is 24.1. The number of hydrogen-bond donors (Lipinski definition) is 0. The van der Waals surface area contributed by atoms with Crippen molar-refractivity contribution >= 4 is 70.5 Å². The quantitative estimate of drug-likeness (QED) is 0.175. The number of anilines is 3. The van der Waals surface area contributed by atoms with Crippen molar-refractivity contribution in [3.63, 3.8) is 0 Å². The summed E-state index contributed by atoms with van der Waals surface area (Å²) in [6.07, 6.45) is 10.5. The Balaban J connectivity index is 1.49. The molecule has 0 fully saturated rings. The Kier molecular flexibility index (Phi) is 6.96. The number of benzene rings is 3. The van der Waals surface area contributed by atoms with E-state index in [0.29, 0.717) is 62.0 Å². The van der Waals surface area contributed by atoms with Crippen LogP contribution in [0.4, 0.5) is 17.1 Å².